The Morgan fingerprint density at radius 1 is 1.17 bits per heavy atom. The molecule has 2 heterocycles. The number of aryl methyl sites for hydroxylation is 2. The predicted octanol–water partition coefficient (Wildman–Crippen LogP) is 4.69. The van der Waals surface area contributed by atoms with Gasteiger partial charge in [-0.3, -0.25) is 4.79 Å². The number of carbonyl (C=O) groups is 1. The number of hydrogen-bond donors (Lipinski definition) is 1. The smallest absolute Gasteiger partial charge is 0.262 e. The van der Waals surface area contributed by atoms with Crippen LogP contribution in [0.25, 0.3) is 0 Å². The summed E-state index contributed by atoms with van der Waals surface area (Å²) >= 11 is 0. The van der Waals surface area contributed by atoms with Crippen LogP contribution in [0.2, 0.25) is 0 Å². The van der Waals surface area contributed by atoms with Gasteiger partial charge in [0, 0.05) is 6.42 Å². The fraction of sp³-hybridized carbons (Fsp3) is 0.250. The third kappa shape index (κ3) is 4.08. The lowest BCUT2D eigenvalue weighted by Gasteiger charge is -2.20. The SMILES string of the molecule is COc1ccc(C)cc1NCC(=O)N1N=C(c2ccc(C)cc2)C[C@H]1c1ccco1. The molecule has 0 bridgehead atoms. The van der Waals surface area contributed by atoms with E-state index >= 15 is 0 Å². The molecule has 0 aliphatic carbocycles. The average Bonchev–Trinajstić information content (AvgIpc) is 3.42. The summed E-state index contributed by atoms with van der Waals surface area (Å²) < 4.78 is 11.0. The highest BCUT2D eigenvalue weighted by atomic mass is 16.5. The van der Waals surface area contributed by atoms with Crippen molar-refractivity contribution in [2.75, 3.05) is 19.0 Å². The molecular weight excluding hydrogens is 378 g/mol. The Kier molecular flexibility index (Phi) is 5.57. The van der Waals surface area contributed by atoms with Crippen molar-refractivity contribution in [2.24, 2.45) is 5.10 Å². The quantitative estimate of drug-likeness (QED) is 0.648. The number of nitrogens with zero attached hydrogens (tertiary/aromatic N) is 2. The molecule has 1 atom stereocenters. The number of benzene rings is 2. The molecular formula is C24H25N3O3. The van der Waals surface area contributed by atoms with E-state index in [1.54, 1.807) is 13.4 Å². The molecule has 0 spiro atoms. The summed E-state index contributed by atoms with van der Waals surface area (Å²) in [4.78, 5) is 13.1. The maximum Gasteiger partial charge on any atom is 0.262 e. The van der Waals surface area contributed by atoms with Crippen molar-refractivity contribution in [3.63, 3.8) is 0 Å². The van der Waals surface area contributed by atoms with E-state index in [0.717, 1.165) is 28.3 Å². The van der Waals surface area contributed by atoms with Crippen molar-refractivity contribution >= 4 is 17.3 Å². The van der Waals surface area contributed by atoms with Crippen LogP contribution >= 0.6 is 0 Å². The highest BCUT2D eigenvalue weighted by Gasteiger charge is 2.34. The summed E-state index contributed by atoms with van der Waals surface area (Å²) in [5.41, 5.74) is 4.94. The van der Waals surface area contributed by atoms with Gasteiger partial charge in [0.15, 0.2) is 0 Å². The number of hydrogen-bond acceptors (Lipinski definition) is 5. The highest BCUT2D eigenvalue weighted by molar-refractivity contribution is 6.03. The van der Waals surface area contributed by atoms with Gasteiger partial charge in [-0.2, -0.15) is 5.10 Å². The zero-order chi connectivity index (χ0) is 21.1. The predicted molar refractivity (Wildman–Crippen MR) is 117 cm³/mol. The third-order valence-electron chi connectivity index (χ3n) is 5.21. The Labute approximate surface area is 176 Å². The lowest BCUT2D eigenvalue weighted by atomic mass is 10.0. The summed E-state index contributed by atoms with van der Waals surface area (Å²) in [6, 6.07) is 17.5. The lowest BCUT2D eigenvalue weighted by Crippen LogP contribution is -2.32. The number of methoxy groups -OCH3 is 1. The van der Waals surface area contributed by atoms with Crippen LogP contribution in [0.1, 0.15) is 34.9 Å². The number of hydrazone groups is 1. The number of amides is 1. The molecule has 1 aliphatic heterocycles. The molecule has 6 heteroatoms. The van der Waals surface area contributed by atoms with E-state index in [1.165, 1.54) is 10.6 Å². The minimum Gasteiger partial charge on any atom is -0.495 e. The van der Waals surface area contributed by atoms with E-state index < -0.39 is 0 Å². The van der Waals surface area contributed by atoms with Crippen molar-refractivity contribution in [2.45, 2.75) is 26.3 Å². The minimum absolute atomic E-state index is 0.0989. The van der Waals surface area contributed by atoms with Gasteiger partial charge in [-0.05, 0) is 49.2 Å². The minimum atomic E-state index is -0.259. The number of furan rings is 1. The van der Waals surface area contributed by atoms with E-state index in [2.05, 4.69) is 22.6 Å². The molecule has 1 aliphatic rings. The standard InChI is InChI=1S/C24H25N3O3/c1-16-6-9-18(10-7-16)19-14-21(23-5-4-12-30-23)27(26-19)24(28)15-25-20-13-17(2)8-11-22(20)29-3/h4-13,21,25H,14-15H2,1-3H3/t21-/m0/s1. The Balaban J connectivity index is 1.56. The number of carbonyl (C=O) groups excluding carboxylic acids is 1. The van der Waals surface area contributed by atoms with Crippen LogP contribution in [0.3, 0.4) is 0 Å². The molecule has 4 rings (SSSR count). The van der Waals surface area contributed by atoms with Gasteiger partial charge in [-0.1, -0.05) is 35.9 Å². The highest BCUT2D eigenvalue weighted by Crippen LogP contribution is 2.33. The van der Waals surface area contributed by atoms with Crippen LogP contribution in [-0.4, -0.2) is 30.3 Å². The molecule has 1 N–H and O–H groups in total. The molecule has 0 radical (unpaired) electrons. The lowest BCUT2D eigenvalue weighted by molar-refractivity contribution is -0.131. The Hall–Kier alpha value is -3.54. The second kappa shape index (κ2) is 8.45. The largest absolute Gasteiger partial charge is 0.495 e. The molecule has 30 heavy (non-hydrogen) atoms. The van der Waals surface area contributed by atoms with Gasteiger partial charge in [-0.15, -0.1) is 0 Å². The van der Waals surface area contributed by atoms with Gasteiger partial charge in [0.05, 0.1) is 31.3 Å². The van der Waals surface area contributed by atoms with Gasteiger partial charge < -0.3 is 14.5 Å². The Morgan fingerprint density at radius 2 is 1.93 bits per heavy atom. The molecule has 1 amide bonds. The zero-order valence-corrected chi connectivity index (χ0v) is 17.4. The van der Waals surface area contributed by atoms with Gasteiger partial charge in [-0.25, -0.2) is 5.01 Å². The van der Waals surface area contributed by atoms with Crippen LogP contribution in [0.4, 0.5) is 5.69 Å². The van der Waals surface area contributed by atoms with E-state index in [9.17, 15) is 4.79 Å². The first kappa shape index (κ1) is 19.8. The molecule has 0 saturated heterocycles. The molecule has 2 aromatic carbocycles. The summed E-state index contributed by atoms with van der Waals surface area (Å²) in [5.74, 6) is 1.28. The number of anilines is 1. The fourth-order valence-electron chi connectivity index (χ4n) is 3.58. The molecule has 6 nitrogen and oxygen atoms in total. The molecule has 154 valence electrons. The first-order valence-corrected chi connectivity index (χ1v) is 9.93. The average molecular weight is 403 g/mol. The summed E-state index contributed by atoms with van der Waals surface area (Å²) in [6.07, 6.45) is 2.23. The van der Waals surface area contributed by atoms with Crippen molar-refractivity contribution in [1.82, 2.24) is 5.01 Å². The summed E-state index contributed by atoms with van der Waals surface area (Å²) in [6.45, 7) is 4.15. The normalized spacial score (nSPS) is 15.8. The van der Waals surface area contributed by atoms with Crippen LogP contribution in [0, 0.1) is 13.8 Å². The van der Waals surface area contributed by atoms with Crippen molar-refractivity contribution < 1.29 is 13.9 Å². The first-order chi connectivity index (χ1) is 14.5. The fourth-order valence-corrected chi connectivity index (χ4v) is 3.58. The van der Waals surface area contributed by atoms with E-state index in [4.69, 9.17) is 9.15 Å². The van der Waals surface area contributed by atoms with Crippen LogP contribution in [0.15, 0.2) is 70.4 Å². The summed E-state index contributed by atoms with van der Waals surface area (Å²) in [5, 5.41) is 9.39. The molecule has 0 fully saturated rings. The first-order valence-electron chi connectivity index (χ1n) is 9.93. The number of ether oxygens (including phenoxy) is 1. The number of rotatable bonds is 6. The van der Waals surface area contributed by atoms with E-state index in [1.807, 2.05) is 56.3 Å². The zero-order valence-electron chi connectivity index (χ0n) is 17.4. The molecule has 0 saturated carbocycles. The second-order valence-electron chi connectivity index (χ2n) is 7.44. The second-order valence-corrected chi connectivity index (χ2v) is 7.44. The van der Waals surface area contributed by atoms with Crippen molar-refractivity contribution in [3.8, 4) is 5.75 Å². The third-order valence-corrected chi connectivity index (χ3v) is 5.21. The van der Waals surface area contributed by atoms with Crippen LogP contribution in [0.5, 0.6) is 5.75 Å². The van der Waals surface area contributed by atoms with Gasteiger partial charge >= 0.3 is 0 Å². The van der Waals surface area contributed by atoms with Crippen LogP contribution in [-0.2, 0) is 4.79 Å². The Morgan fingerprint density at radius 3 is 2.63 bits per heavy atom. The molecule has 0 unspecified atom stereocenters. The van der Waals surface area contributed by atoms with Gasteiger partial charge in [0.1, 0.15) is 17.6 Å². The number of nitrogens with one attached hydrogen (secondary N) is 1. The monoisotopic (exact) mass is 403 g/mol. The maximum absolute atomic E-state index is 13.1. The van der Waals surface area contributed by atoms with E-state index in [0.29, 0.717) is 12.2 Å². The molecule has 1 aromatic heterocycles. The molecule has 3 aromatic rings. The van der Waals surface area contributed by atoms with Crippen molar-refractivity contribution in [1.29, 1.82) is 0 Å². The van der Waals surface area contributed by atoms with Crippen molar-refractivity contribution in [3.05, 3.63) is 83.3 Å². The summed E-state index contributed by atoms with van der Waals surface area (Å²) in [7, 11) is 1.61. The topological polar surface area (TPSA) is 67.1 Å². The van der Waals surface area contributed by atoms with Crippen LogP contribution < -0.4 is 10.1 Å². The maximum atomic E-state index is 13.1. The Bertz CT molecular complexity index is 1060. The van der Waals surface area contributed by atoms with Gasteiger partial charge in [0.2, 0.25) is 0 Å². The van der Waals surface area contributed by atoms with Gasteiger partial charge in [0.25, 0.3) is 5.91 Å². The van der Waals surface area contributed by atoms with E-state index in [-0.39, 0.29) is 18.5 Å².